The summed E-state index contributed by atoms with van der Waals surface area (Å²) < 4.78 is 28.7. The van der Waals surface area contributed by atoms with E-state index in [2.05, 4.69) is 9.98 Å². The first-order valence-corrected chi connectivity index (χ1v) is 10.4. The largest absolute Gasteiger partial charge is 0.457 e. The third-order valence-electron chi connectivity index (χ3n) is 4.52. The molecule has 1 aliphatic heterocycles. The lowest BCUT2D eigenvalue weighted by Crippen LogP contribution is -2.11. The Morgan fingerprint density at radius 1 is 1.04 bits per heavy atom. The first-order chi connectivity index (χ1) is 13.5. The summed E-state index contributed by atoms with van der Waals surface area (Å²) >= 11 is 0. The van der Waals surface area contributed by atoms with Gasteiger partial charge in [-0.25, -0.2) is 13.6 Å². The quantitative estimate of drug-likeness (QED) is 0.731. The van der Waals surface area contributed by atoms with Crippen molar-refractivity contribution in [1.29, 1.82) is 0 Å². The predicted octanol–water partition coefficient (Wildman–Crippen LogP) is 3.66. The molecule has 3 heterocycles. The van der Waals surface area contributed by atoms with Crippen molar-refractivity contribution >= 4 is 21.8 Å². The molecule has 2 N–H and O–H groups in total. The van der Waals surface area contributed by atoms with Crippen molar-refractivity contribution in [2.45, 2.75) is 17.7 Å². The summed E-state index contributed by atoms with van der Waals surface area (Å²) in [6, 6.07) is 14.0. The molecule has 2 aromatic heterocycles. The highest BCUT2D eigenvalue weighted by atomic mass is 32.2. The number of pyridine rings is 1. The molecule has 0 atom stereocenters. The van der Waals surface area contributed by atoms with Gasteiger partial charge >= 0.3 is 0 Å². The second-order valence-electron chi connectivity index (χ2n) is 6.52. The van der Waals surface area contributed by atoms with Crippen LogP contribution in [0.25, 0.3) is 17.4 Å². The molecule has 6 nitrogen and oxygen atoms in total. The highest BCUT2D eigenvalue weighted by molar-refractivity contribution is 7.89. The number of sulfonamides is 1. The number of nitrogens with zero attached hydrogens (tertiary/aromatic N) is 2. The number of aromatic nitrogens is 1. The SMILES string of the molecule is NS(=O)(=O)c1ccc(-c2ccc(C=C3CCCN=C3c3cccnc3)o2)cc1. The topological polar surface area (TPSA) is 98.6 Å². The van der Waals surface area contributed by atoms with Crippen molar-refractivity contribution in [3.05, 3.63) is 77.8 Å². The molecule has 1 aromatic carbocycles. The average molecular weight is 393 g/mol. The minimum Gasteiger partial charge on any atom is -0.457 e. The van der Waals surface area contributed by atoms with E-state index < -0.39 is 10.0 Å². The third-order valence-corrected chi connectivity index (χ3v) is 5.45. The van der Waals surface area contributed by atoms with Gasteiger partial charge in [0.25, 0.3) is 0 Å². The minimum absolute atomic E-state index is 0.0738. The summed E-state index contributed by atoms with van der Waals surface area (Å²) in [4.78, 5) is 8.93. The number of rotatable bonds is 4. The van der Waals surface area contributed by atoms with Gasteiger partial charge in [-0.2, -0.15) is 0 Å². The molecule has 142 valence electrons. The number of nitrogens with two attached hydrogens (primary N) is 1. The van der Waals surface area contributed by atoms with Crippen LogP contribution in [0.2, 0.25) is 0 Å². The van der Waals surface area contributed by atoms with Gasteiger partial charge in [-0.3, -0.25) is 9.98 Å². The van der Waals surface area contributed by atoms with Crippen LogP contribution in [0.4, 0.5) is 0 Å². The van der Waals surface area contributed by atoms with Crippen molar-refractivity contribution in [1.82, 2.24) is 4.98 Å². The lowest BCUT2D eigenvalue weighted by molar-refractivity contribution is 0.571. The summed E-state index contributed by atoms with van der Waals surface area (Å²) in [6.07, 6.45) is 7.49. The smallest absolute Gasteiger partial charge is 0.238 e. The number of benzene rings is 1. The van der Waals surface area contributed by atoms with Crippen molar-refractivity contribution in [2.24, 2.45) is 10.1 Å². The summed E-state index contributed by atoms with van der Waals surface area (Å²) in [6.45, 7) is 0.807. The maximum atomic E-state index is 11.4. The molecule has 0 saturated heterocycles. The third kappa shape index (κ3) is 3.95. The average Bonchev–Trinajstić information content (AvgIpc) is 3.17. The molecule has 3 aromatic rings. The Balaban J connectivity index is 1.62. The van der Waals surface area contributed by atoms with Crippen molar-refractivity contribution in [3.63, 3.8) is 0 Å². The zero-order chi connectivity index (χ0) is 19.6. The standard InChI is InChI=1S/C21H19N3O3S/c22-28(25,26)19-8-5-15(6-9-19)20-10-7-18(27-20)13-16-3-2-12-24-21(16)17-4-1-11-23-14-17/h1,4-11,13-14H,2-3,12H2,(H2,22,25,26). The van der Waals surface area contributed by atoms with Crippen LogP contribution in [0.5, 0.6) is 0 Å². The molecule has 0 saturated carbocycles. The van der Waals surface area contributed by atoms with Crippen LogP contribution < -0.4 is 5.14 Å². The highest BCUT2D eigenvalue weighted by Gasteiger charge is 2.15. The molecular formula is C21H19N3O3S. The maximum absolute atomic E-state index is 11.4. The Morgan fingerprint density at radius 3 is 2.57 bits per heavy atom. The van der Waals surface area contributed by atoms with Gasteiger partial charge in [0.15, 0.2) is 0 Å². The molecule has 0 fully saturated rings. The summed E-state index contributed by atoms with van der Waals surface area (Å²) in [7, 11) is -3.71. The Morgan fingerprint density at radius 2 is 1.86 bits per heavy atom. The number of allylic oxidation sites excluding steroid dienone is 1. The van der Waals surface area contributed by atoms with Gasteiger partial charge in [0.2, 0.25) is 10.0 Å². The normalized spacial score (nSPS) is 16.2. The zero-order valence-electron chi connectivity index (χ0n) is 15.1. The molecular weight excluding hydrogens is 374 g/mol. The van der Waals surface area contributed by atoms with Gasteiger partial charge in [-0.15, -0.1) is 0 Å². The monoisotopic (exact) mass is 393 g/mol. The van der Waals surface area contributed by atoms with Gasteiger partial charge in [-0.1, -0.05) is 0 Å². The van der Waals surface area contributed by atoms with Crippen LogP contribution in [0.1, 0.15) is 24.2 Å². The second-order valence-corrected chi connectivity index (χ2v) is 8.08. The van der Waals surface area contributed by atoms with E-state index >= 15 is 0 Å². The maximum Gasteiger partial charge on any atom is 0.238 e. The molecule has 0 radical (unpaired) electrons. The van der Waals surface area contributed by atoms with E-state index in [0.29, 0.717) is 5.76 Å². The molecule has 28 heavy (non-hydrogen) atoms. The number of primary sulfonamides is 1. The number of aliphatic imine (C=N–C) groups is 1. The fraction of sp³-hybridized carbons (Fsp3) is 0.143. The fourth-order valence-electron chi connectivity index (χ4n) is 3.17. The summed E-state index contributed by atoms with van der Waals surface area (Å²) in [5.41, 5.74) is 3.85. The fourth-order valence-corrected chi connectivity index (χ4v) is 3.68. The van der Waals surface area contributed by atoms with E-state index in [9.17, 15) is 8.42 Å². The molecule has 0 spiro atoms. The Labute approximate surface area is 163 Å². The Kier molecular flexibility index (Phi) is 4.93. The van der Waals surface area contributed by atoms with Crippen molar-refractivity contribution in [2.75, 3.05) is 6.54 Å². The summed E-state index contributed by atoms with van der Waals surface area (Å²) in [5.74, 6) is 1.38. The number of hydrogen-bond acceptors (Lipinski definition) is 5. The van der Waals surface area contributed by atoms with Gasteiger partial charge in [0.05, 0.1) is 10.6 Å². The van der Waals surface area contributed by atoms with Crippen LogP contribution >= 0.6 is 0 Å². The van der Waals surface area contributed by atoms with E-state index in [0.717, 1.165) is 47.6 Å². The van der Waals surface area contributed by atoms with E-state index in [1.54, 1.807) is 18.3 Å². The van der Waals surface area contributed by atoms with Crippen LogP contribution in [-0.2, 0) is 10.0 Å². The van der Waals surface area contributed by atoms with Gasteiger partial charge in [0, 0.05) is 30.1 Å². The minimum atomic E-state index is -3.71. The number of furan rings is 1. The van der Waals surface area contributed by atoms with E-state index in [-0.39, 0.29) is 4.90 Å². The molecule has 0 amide bonds. The summed E-state index contributed by atoms with van der Waals surface area (Å²) in [5, 5.41) is 5.14. The van der Waals surface area contributed by atoms with Crippen LogP contribution in [0, 0.1) is 0 Å². The van der Waals surface area contributed by atoms with Crippen molar-refractivity contribution < 1.29 is 12.8 Å². The zero-order valence-corrected chi connectivity index (χ0v) is 15.9. The first kappa shape index (κ1) is 18.3. The van der Waals surface area contributed by atoms with Crippen molar-refractivity contribution in [3.8, 4) is 11.3 Å². The van der Waals surface area contributed by atoms with Crippen LogP contribution in [0.3, 0.4) is 0 Å². The lowest BCUT2D eigenvalue weighted by atomic mass is 9.96. The second kappa shape index (κ2) is 7.53. The molecule has 4 rings (SSSR count). The number of hydrogen-bond donors (Lipinski definition) is 1. The van der Waals surface area contributed by atoms with E-state index in [4.69, 9.17) is 9.56 Å². The predicted molar refractivity (Wildman–Crippen MR) is 108 cm³/mol. The van der Waals surface area contributed by atoms with E-state index in [1.807, 2.05) is 36.5 Å². The molecule has 0 unspecified atom stereocenters. The molecule has 0 bridgehead atoms. The van der Waals surface area contributed by atoms with Gasteiger partial charge < -0.3 is 4.42 Å². The first-order valence-electron chi connectivity index (χ1n) is 8.89. The Bertz CT molecular complexity index is 1150. The lowest BCUT2D eigenvalue weighted by Gasteiger charge is -2.15. The van der Waals surface area contributed by atoms with E-state index in [1.165, 1.54) is 12.1 Å². The van der Waals surface area contributed by atoms with Crippen LogP contribution in [-0.4, -0.2) is 25.7 Å². The molecule has 0 aliphatic carbocycles. The van der Waals surface area contributed by atoms with Gasteiger partial charge in [-0.05, 0) is 73.0 Å². The van der Waals surface area contributed by atoms with Gasteiger partial charge in [0.1, 0.15) is 11.5 Å². The van der Waals surface area contributed by atoms with Crippen LogP contribution in [0.15, 0.2) is 80.8 Å². The molecule has 1 aliphatic rings. The highest BCUT2D eigenvalue weighted by Crippen LogP contribution is 2.27. The molecule has 7 heteroatoms. The Hall–Kier alpha value is -3.03.